The minimum absolute atomic E-state index is 0.00873. The Kier molecular flexibility index (Phi) is 5.58. The van der Waals surface area contributed by atoms with Gasteiger partial charge in [-0.05, 0) is 65.6 Å². The van der Waals surface area contributed by atoms with Crippen LogP contribution in [0.4, 0.5) is 0 Å². The summed E-state index contributed by atoms with van der Waals surface area (Å²) >= 11 is 4.93. The molecule has 1 N–H and O–H groups in total. The highest BCUT2D eigenvalue weighted by Crippen LogP contribution is 2.27. The Morgan fingerprint density at radius 2 is 2.30 bits per heavy atom. The first-order chi connectivity index (χ1) is 9.61. The molecule has 0 radical (unpaired) electrons. The molecule has 108 valence electrons. The van der Waals surface area contributed by atoms with E-state index in [2.05, 4.69) is 32.2 Å². The van der Waals surface area contributed by atoms with E-state index < -0.39 is 0 Å². The minimum Gasteiger partial charge on any atom is -0.351 e. The predicted octanol–water partition coefficient (Wildman–Crippen LogP) is 2.78. The molecule has 1 aromatic heterocycles. The first-order valence-electron chi connectivity index (χ1n) is 6.73. The Morgan fingerprint density at radius 3 is 2.85 bits per heavy atom. The molecule has 1 amide bonds. The van der Waals surface area contributed by atoms with Crippen molar-refractivity contribution in [2.75, 3.05) is 26.2 Å². The van der Waals surface area contributed by atoms with E-state index in [4.69, 9.17) is 5.26 Å². The van der Waals surface area contributed by atoms with E-state index >= 15 is 0 Å². The molecule has 20 heavy (non-hydrogen) atoms. The van der Waals surface area contributed by atoms with E-state index in [1.54, 1.807) is 0 Å². The fourth-order valence-electron chi connectivity index (χ4n) is 2.35. The van der Waals surface area contributed by atoms with Gasteiger partial charge in [0.25, 0.3) is 5.91 Å². The first kappa shape index (κ1) is 15.5. The zero-order chi connectivity index (χ0) is 14.5. The second kappa shape index (κ2) is 7.21. The Morgan fingerprint density at radius 1 is 1.60 bits per heavy atom. The number of carbonyl (C=O) groups is 1. The molecule has 0 aliphatic carbocycles. The summed E-state index contributed by atoms with van der Waals surface area (Å²) in [6.07, 6.45) is 2.10. The van der Waals surface area contributed by atoms with E-state index in [1.165, 1.54) is 11.3 Å². The summed E-state index contributed by atoms with van der Waals surface area (Å²) < 4.78 is 0.906. The van der Waals surface area contributed by atoms with E-state index in [9.17, 15) is 4.79 Å². The highest BCUT2D eigenvalue weighted by Gasteiger charge is 2.20. The highest BCUT2D eigenvalue weighted by molar-refractivity contribution is 9.10. The number of piperidine rings is 1. The molecule has 2 heterocycles. The number of amides is 1. The molecular formula is C14H18BrN3OS. The Bertz CT molecular complexity index is 515. The Labute approximate surface area is 131 Å². The lowest BCUT2D eigenvalue weighted by molar-refractivity contribution is 0.0941. The number of thiophene rings is 1. The van der Waals surface area contributed by atoms with Crippen molar-refractivity contribution in [1.82, 2.24) is 10.2 Å². The third-order valence-electron chi connectivity index (χ3n) is 3.66. The van der Waals surface area contributed by atoms with Gasteiger partial charge in [-0.1, -0.05) is 0 Å². The monoisotopic (exact) mass is 355 g/mol. The zero-order valence-electron chi connectivity index (χ0n) is 11.5. The molecule has 2 rings (SSSR count). The van der Waals surface area contributed by atoms with E-state index in [-0.39, 0.29) is 5.91 Å². The van der Waals surface area contributed by atoms with E-state index in [1.807, 2.05) is 12.3 Å². The number of hydrogen-bond donors (Lipinski definition) is 1. The van der Waals surface area contributed by atoms with Crippen LogP contribution in [0.1, 0.15) is 28.1 Å². The van der Waals surface area contributed by atoms with Gasteiger partial charge in [-0.2, -0.15) is 5.26 Å². The maximum absolute atomic E-state index is 12.1. The van der Waals surface area contributed by atoms with Crippen LogP contribution in [-0.4, -0.2) is 37.0 Å². The van der Waals surface area contributed by atoms with E-state index in [0.29, 0.717) is 12.5 Å². The van der Waals surface area contributed by atoms with Crippen molar-refractivity contribution in [2.24, 2.45) is 5.92 Å². The van der Waals surface area contributed by atoms with Crippen molar-refractivity contribution in [2.45, 2.75) is 19.8 Å². The van der Waals surface area contributed by atoms with Crippen LogP contribution in [0.3, 0.4) is 0 Å². The number of carbonyl (C=O) groups excluding carboxylic acids is 1. The molecule has 1 aromatic rings. The molecule has 0 aromatic carbocycles. The lowest BCUT2D eigenvalue weighted by atomic mass is 9.97. The molecule has 0 spiro atoms. The van der Waals surface area contributed by atoms with Gasteiger partial charge < -0.3 is 5.32 Å². The number of nitriles is 1. The molecule has 4 nitrogen and oxygen atoms in total. The van der Waals surface area contributed by atoms with Crippen LogP contribution in [-0.2, 0) is 0 Å². The lowest BCUT2D eigenvalue weighted by Crippen LogP contribution is -2.38. The Balaban J connectivity index is 1.78. The minimum atomic E-state index is 0.00873. The number of likely N-dealkylation sites (tertiary alicyclic amines) is 1. The quantitative estimate of drug-likeness (QED) is 0.844. The van der Waals surface area contributed by atoms with Gasteiger partial charge in [-0.25, -0.2) is 0 Å². The smallest absolute Gasteiger partial charge is 0.262 e. The number of rotatable bonds is 4. The summed E-state index contributed by atoms with van der Waals surface area (Å²) in [5, 5.41) is 13.7. The van der Waals surface area contributed by atoms with Crippen molar-refractivity contribution >= 4 is 33.2 Å². The van der Waals surface area contributed by atoms with Gasteiger partial charge in [0, 0.05) is 11.0 Å². The molecule has 0 bridgehead atoms. The summed E-state index contributed by atoms with van der Waals surface area (Å²) in [5.74, 6) is 0.531. The Hall–Kier alpha value is -0.900. The maximum Gasteiger partial charge on any atom is 0.262 e. The lowest BCUT2D eigenvalue weighted by Gasteiger charge is -2.30. The fourth-order valence-corrected chi connectivity index (χ4v) is 3.93. The third-order valence-corrected chi connectivity index (χ3v) is 6.04. The molecule has 1 saturated heterocycles. The number of nitrogens with zero attached hydrogens (tertiary/aromatic N) is 2. The summed E-state index contributed by atoms with van der Waals surface area (Å²) in [4.78, 5) is 15.0. The van der Waals surface area contributed by atoms with E-state index in [0.717, 1.165) is 47.4 Å². The van der Waals surface area contributed by atoms with Crippen LogP contribution in [0, 0.1) is 24.2 Å². The molecule has 6 heteroatoms. The van der Waals surface area contributed by atoms with Crippen molar-refractivity contribution in [3.8, 4) is 6.07 Å². The second-order valence-corrected chi connectivity index (χ2v) is 6.82. The molecular weight excluding hydrogens is 338 g/mol. The molecule has 0 atom stereocenters. The number of hydrogen-bond acceptors (Lipinski definition) is 4. The van der Waals surface area contributed by atoms with Crippen LogP contribution < -0.4 is 5.32 Å². The fraction of sp³-hybridized carbons (Fsp3) is 0.571. The van der Waals surface area contributed by atoms with Gasteiger partial charge in [0.15, 0.2) is 0 Å². The zero-order valence-corrected chi connectivity index (χ0v) is 13.9. The normalized spacial score (nSPS) is 16.9. The topological polar surface area (TPSA) is 56.1 Å². The first-order valence-corrected chi connectivity index (χ1v) is 8.40. The van der Waals surface area contributed by atoms with Crippen molar-refractivity contribution in [1.29, 1.82) is 5.26 Å². The van der Waals surface area contributed by atoms with Crippen molar-refractivity contribution in [3.05, 3.63) is 20.3 Å². The third kappa shape index (κ3) is 3.81. The molecule has 1 aliphatic rings. The summed E-state index contributed by atoms with van der Waals surface area (Å²) in [5.41, 5.74) is 1.10. The van der Waals surface area contributed by atoms with Crippen molar-refractivity contribution < 1.29 is 4.79 Å². The van der Waals surface area contributed by atoms with Gasteiger partial charge in [0.2, 0.25) is 0 Å². The van der Waals surface area contributed by atoms with Gasteiger partial charge in [0.05, 0.1) is 12.6 Å². The molecule has 1 aliphatic heterocycles. The van der Waals surface area contributed by atoms with Crippen LogP contribution in [0.25, 0.3) is 0 Å². The van der Waals surface area contributed by atoms with Crippen LogP contribution in [0.5, 0.6) is 0 Å². The predicted molar refractivity (Wildman–Crippen MR) is 83.9 cm³/mol. The standard InChI is InChI=1S/C14H18BrN3OS/c1-10-9-20-13(12(10)15)14(19)17-8-11-2-5-18(6-3-11)7-4-16/h9,11H,2-3,5-8H2,1H3,(H,17,19). The molecule has 0 saturated carbocycles. The average molecular weight is 356 g/mol. The van der Waals surface area contributed by atoms with Crippen LogP contribution in [0.2, 0.25) is 0 Å². The highest BCUT2D eigenvalue weighted by atomic mass is 79.9. The van der Waals surface area contributed by atoms with Gasteiger partial charge in [-0.3, -0.25) is 9.69 Å². The van der Waals surface area contributed by atoms with Crippen LogP contribution >= 0.6 is 27.3 Å². The van der Waals surface area contributed by atoms with Crippen molar-refractivity contribution in [3.63, 3.8) is 0 Å². The summed E-state index contributed by atoms with van der Waals surface area (Å²) in [7, 11) is 0. The van der Waals surface area contributed by atoms with Gasteiger partial charge in [0.1, 0.15) is 4.88 Å². The largest absolute Gasteiger partial charge is 0.351 e. The summed E-state index contributed by atoms with van der Waals surface area (Å²) in [6, 6.07) is 2.18. The number of nitrogens with one attached hydrogen (secondary N) is 1. The van der Waals surface area contributed by atoms with Gasteiger partial charge in [-0.15, -0.1) is 11.3 Å². The maximum atomic E-state index is 12.1. The number of halogens is 1. The number of aryl methyl sites for hydroxylation is 1. The summed E-state index contributed by atoms with van der Waals surface area (Å²) in [6.45, 7) is 5.14. The average Bonchev–Trinajstić information content (AvgIpc) is 2.78. The molecule has 0 unspecified atom stereocenters. The van der Waals surface area contributed by atoms with Crippen LogP contribution in [0.15, 0.2) is 9.85 Å². The SMILES string of the molecule is Cc1csc(C(=O)NCC2CCN(CC#N)CC2)c1Br. The molecule has 1 fully saturated rings. The second-order valence-electron chi connectivity index (χ2n) is 5.15. The van der Waals surface area contributed by atoms with Gasteiger partial charge >= 0.3 is 0 Å².